The quantitative estimate of drug-likeness (QED) is 0.854. The van der Waals surface area contributed by atoms with Crippen LogP contribution in [-0.4, -0.2) is 12.5 Å². The van der Waals surface area contributed by atoms with Gasteiger partial charge in [0.2, 0.25) is 5.91 Å². The Morgan fingerprint density at radius 1 is 1.21 bits per heavy atom. The molecule has 0 aromatic heterocycles. The number of hydrogen-bond acceptors (Lipinski definition) is 2. The minimum Gasteiger partial charge on any atom is -0.385 e. The summed E-state index contributed by atoms with van der Waals surface area (Å²) in [5, 5.41) is 6.51. The van der Waals surface area contributed by atoms with Crippen LogP contribution >= 0.6 is 0 Å². The summed E-state index contributed by atoms with van der Waals surface area (Å²) in [6, 6.07) is 6.28. The topological polar surface area (TPSA) is 41.1 Å². The average molecular weight is 256 g/mol. The molecule has 1 heterocycles. The van der Waals surface area contributed by atoms with E-state index in [4.69, 9.17) is 0 Å². The van der Waals surface area contributed by atoms with E-state index in [9.17, 15) is 4.79 Å². The van der Waals surface area contributed by atoms with Crippen LogP contribution in [-0.2, 0) is 11.2 Å². The van der Waals surface area contributed by atoms with Gasteiger partial charge in [-0.05, 0) is 55.2 Å². The monoisotopic (exact) mass is 256 g/mol. The van der Waals surface area contributed by atoms with Crippen molar-refractivity contribution in [1.82, 2.24) is 0 Å². The van der Waals surface area contributed by atoms with Gasteiger partial charge in [-0.1, -0.05) is 12.5 Å². The summed E-state index contributed by atoms with van der Waals surface area (Å²) in [6.45, 7) is 1.04. The van der Waals surface area contributed by atoms with Gasteiger partial charge in [0.05, 0.1) is 0 Å². The number of benzene rings is 1. The first kappa shape index (κ1) is 11.3. The Balaban J connectivity index is 1.46. The van der Waals surface area contributed by atoms with Crippen molar-refractivity contribution in [1.29, 1.82) is 0 Å². The van der Waals surface area contributed by atoms with E-state index in [0.29, 0.717) is 17.8 Å². The number of rotatable bonds is 2. The van der Waals surface area contributed by atoms with Crippen LogP contribution in [0.1, 0.15) is 31.2 Å². The van der Waals surface area contributed by atoms with Crippen molar-refractivity contribution in [2.45, 2.75) is 32.1 Å². The normalized spacial score (nSPS) is 31.1. The second kappa shape index (κ2) is 4.26. The summed E-state index contributed by atoms with van der Waals surface area (Å²) in [5.41, 5.74) is 3.51. The Morgan fingerprint density at radius 3 is 2.89 bits per heavy atom. The van der Waals surface area contributed by atoms with Gasteiger partial charge >= 0.3 is 0 Å². The summed E-state index contributed by atoms with van der Waals surface area (Å²) < 4.78 is 0. The van der Waals surface area contributed by atoms with Gasteiger partial charge in [-0.15, -0.1) is 0 Å². The molecule has 1 amide bonds. The predicted octanol–water partition coefficient (Wildman–Crippen LogP) is 3.03. The first-order valence-corrected chi connectivity index (χ1v) is 7.50. The van der Waals surface area contributed by atoms with Crippen LogP contribution < -0.4 is 10.6 Å². The van der Waals surface area contributed by atoms with Crippen LogP contribution in [0.3, 0.4) is 0 Å². The Morgan fingerprint density at radius 2 is 2.05 bits per heavy atom. The largest absolute Gasteiger partial charge is 0.385 e. The van der Waals surface area contributed by atoms with E-state index in [2.05, 4.69) is 22.8 Å². The highest BCUT2D eigenvalue weighted by molar-refractivity contribution is 5.95. The molecule has 3 heteroatoms. The van der Waals surface area contributed by atoms with E-state index in [1.54, 1.807) is 0 Å². The third-order valence-corrected chi connectivity index (χ3v) is 5.03. The van der Waals surface area contributed by atoms with Gasteiger partial charge in [-0.25, -0.2) is 0 Å². The fourth-order valence-corrected chi connectivity index (χ4v) is 3.97. The molecular weight excluding hydrogens is 236 g/mol. The highest BCUT2D eigenvalue weighted by Crippen LogP contribution is 2.57. The van der Waals surface area contributed by atoms with Crippen molar-refractivity contribution in [2.24, 2.45) is 17.8 Å². The fraction of sp³-hybridized carbons (Fsp3) is 0.562. The molecule has 1 aromatic carbocycles. The van der Waals surface area contributed by atoms with Crippen molar-refractivity contribution >= 4 is 17.3 Å². The maximum Gasteiger partial charge on any atom is 0.228 e. The Labute approximate surface area is 113 Å². The van der Waals surface area contributed by atoms with Crippen LogP contribution in [0.25, 0.3) is 0 Å². The molecule has 2 aliphatic carbocycles. The molecule has 4 rings (SSSR count). The number of carbonyl (C=O) groups excluding carboxylic acids is 1. The number of anilines is 2. The SMILES string of the molecule is O=C(Nc1ccc2c(c1)NCCC2)C1C2CCCC21. The smallest absolute Gasteiger partial charge is 0.228 e. The second-order valence-electron chi connectivity index (χ2n) is 6.18. The number of amides is 1. The second-order valence-corrected chi connectivity index (χ2v) is 6.18. The van der Waals surface area contributed by atoms with Gasteiger partial charge in [0, 0.05) is 23.8 Å². The molecule has 0 radical (unpaired) electrons. The lowest BCUT2D eigenvalue weighted by Gasteiger charge is -2.19. The zero-order valence-electron chi connectivity index (χ0n) is 11.1. The molecule has 2 unspecified atom stereocenters. The number of aryl methyl sites for hydroxylation is 1. The first-order valence-electron chi connectivity index (χ1n) is 7.50. The van der Waals surface area contributed by atoms with Gasteiger partial charge in [0.15, 0.2) is 0 Å². The van der Waals surface area contributed by atoms with E-state index in [-0.39, 0.29) is 5.91 Å². The summed E-state index contributed by atoms with van der Waals surface area (Å²) >= 11 is 0. The molecule has 2 N–H and O–H groups in total. The maximum atomic E-state index is 12.2. The van der Waals surface area contributed by atoms with Crippen molar-refractivity contribution in [3.05, 3.63) is 23.8 Å². The highest BCUT2D eigenvalue weighted by Gasteiger charge is 2.56. The third-order valence-electron chi connectivity index (χ3n) is 5.03. The molecule has 3 aliphatic rings. The van der Waals surface area contributed by atoms with Crippen molar-refractivity contribution in [2.75, 3.05) is 17.2 Å². The number of hydrogen-bond donors (Lipinski definition) is 2. The van der Waals surface area contributed by atoms with Gasteiger partial charge in [0.25, 0.3) is 0 Å². The Bertz CT molecular complexity index is 515. The predicted molar refractivity (Wildman–Crippen MR) is 76.2 cm³/mol. The summed E-state index contributed by atoms with van der Waals surface area (Å²) in [5.74, 6) is 1.93. The summed E-state index contributed by atoms with van der Waals surface area (Å²) in [7, 11) is 0. The lowest BCUT2D eigenvalue weighted by Crippen LogP contribution is -2.17. The molecular formula is C16H20N2O. The van der Waals surface area contributed by atoms with Crippen LogP contribution in [0.2, 0.25) is 0 Å². The molecule has 2 saturated carbocycles. The van der Waals surface area contributed by atoms with Gasteiger partial charge in [-0.3, -0.25) is 4.79 Å². The number of carbonyl (C=O) groups is 1. The first-order chi connectivity index (χ1) is 9.33. The molecule has 1 aromatic rings. The van der Waals surface area contributed by atoms with E-state index in [0.717, 1.165) is 18.7 Å². The standard InChI is InChI=1S/C16H20N2O/c19-16(15-12-4-1-5-13(12)15)18-11-7-6-10-3-2-8-17-14(10)9-11/h6-7,9,12-13,15,17H,1-5,8H2,(H,18,19). The molecule has 2 fully saturated rings. The Hall–Kier alpha value is -1.51. The molecule has 100 valence electrons. The van der Waals surface area contributed by atoms with Crippen LogP contribution in [0.5, 0.6) is 0 Å². The number of nitrogens with one attached hydrogen (secondary N) is 2. The van der Waals surface area contributed by atoms with E-state index < -0.39 is 0 Å². The lowest BCUT2D eigenvalue weighted by atomic mass is 10.0. The third kappa shape index (κ3) is 1.92. The molecule has 1 aliphatic heterocycles. The highest BCUT2D eigenvalue weighted by atomic mass is 16.2. The molecule has 0 bridgehead atoms. The van der Waals surface area contributed by atoms with E-state index >= 15 is 0 Å². The zero-order valence-corrected chi connectivity index (χ0v) is 11.1. The van der Waals surface area contributed by atoms with Crippen LogP contribution in [0.15, 0.2) is 18.2 Å². The lowest BCUT2D eigenvalue weighted by molar-refractivity contribution is -0.118. The van der Waals surface area contributed by atoms with Crippen LogP contribution in [0, 0.1) is 17.8 Å². The minimum absolute atomic E-state index is 0.241. The minimum atomic E-state index is 0.241. The molecule has 0 saturated heterocycles. The number of fused-ring (bicyclic) bond motifs is 2. The zero-order chi connectivity index (χ0) is 12.8. The van der Waals surface area contributed by atoms with Crippen molar-refractivity contribution in [3.8, 4) is 0 Å². The van der Waals surface area contributed by atoms with Crippen molar-refractivity contribution < 1.29 is 4.79 Å². The van der Waals surface area contributed by atoms with Crippen molar-refractivity contribution in [3.63, 3.8) is 0 Å². The molecule has 0 spiro atoms. The van der Waals surface area contributed by atoms with Gasteiger partial charge in [0.1, 0.15) is 0 Å². The molecule has 3 nitrogen and oxygen atoms in total. The van der Waals surface area contributed by atoms with E-state index in [1.165, 1.54) is 36.9 Å². The van der Waals surface area contributed by atoms with Gasteiger partial charge < -0.3 is 10.6 Å². The Kier molecular flexibility index (Phi) is 2.54. The summed E-state index contributed by atoms with van der Waals surface area (Å²) in [6.07, 6.45) is 6.18. The molecule has 2 atom stereocenters. The molecule has 19 heavy (non-hydrogen) atoms. The average Bonchev–Trinajstić information content (AvgIpc) is 2.93. The maximum absolute atomic E-state index is 12.2. The van der Waals surface area contributed by atoms with Crippen LogP contribution in [0.4, 0.5) is 11.4 Å². The summed E-state index contributed by atoms with van der Waals surface area (Å²) in [4.78, 5) is 12.2. The van der Waals surface area contributed by atoms with Gasteiger partial charge in [-0.2, -0.15) is 0 Å². The van der Waals surface area contributed by atoms with E-state index in [1.807, 2.05) is 6.07 Å². The fourth-order valence-electron chi connectivity index (χ4n) is 3.97.